The van der Waals surface area contributed by atoms with E-state index in [1.807, 2.05) is 79.1 Å². The van der Waals surface area contributed by atoms with Crippen molar-refractivity contribution in [3.63, 3.8) is 0 Å². The van der Waals surface area contributed by atoms with E-state index in [0.717, 1.165) is 43.0 Å². The molecule has 2 fully saturated rings. The Morgan fingerprint density at radius 1 is 0.829 bits per heavy atom. The van der Waals surface area contributed by atoms with E-state index in [4.69, 9.17) is 19.9 Å². The third-order valence-corrected chi connectivity index (χ3v) is 6.54. The van der Waals surface area contributed by atoms with Gasteiger partial charge < -0.3 is 25.3 Å². The van der Waals surface area contributed by atoms with Crippen LogP contribution in [0.4, 0.5) is 13.6 Å². The largest absolute Gasteiger partial charge is 0.492 e. The minimum atomic E-state index is -0.668. The standard InChI is InChI=1S/C18H27FN2O3.C13H19FN2O/c1-18(2,3)24-17(22)20-9-8-14-4-6-16(7-5-14)23-11-10-21-12-15(19)13-21;14-12-9-16(10-12)7-8-17-13-3-1-11(2-4-13)5-6-15/h4-7,15H,8-13H2,1-3H3,(H,20,22);1-4,12H,5-10,15H2. The number of likely N-dealkylation sites (tertiary alicyclic amines) is 2. The fourth-order valence-electron chi connectivity index (χ4n) is 4.26. The number of alkyl halides is 2. The Morgan fingerprint density at radius 3 is 1.66 bits per heavy atom. The normalized spacial score (nSPS) is 16.1. The van der Waals surface area contributed by atoms with E-state index in [1.165, 1.54) is 5.56 Å². The molecule has 0 spiro atoms. The van der Waals surface area contributed by atoms with Crippen molar-refractivity contribution in [1.29, 1.82) is 0 Å². The first-order valence-electron chi connectivity index (χ1n) is 14.4. The van der Waals surface area contributed by atoms with Crippen LogP contribution in [0.1, 0.15) is 31.9 Å². The average molecular weight is 577 g/mol. The molecule has 0 unspecified atom stereocenters. The Morgan fingerprint density at radius 2 is 1.27 bits per heavy atom. The van der Waals surface area contributed by atoms with Gasteiger partial charge in [0.25, 0.3) is 0 Å². The number of amides is 1. The van der Waals surface area contributed by atoms with Gasteiger partial charge in [-0.1, -0.05) is 24.3 Å². The highest BCUT2D eigenvalue weighted by Gasteiger charge is 2.26. The molecule has 4 rings (SSSR count). The third-order valence-electron chi connectivity index (χ3n) is 6.54. The van der Waals surface area contributed by atoms with Gasteiger partial charge in [-0.3, -0.25) is 9.80 Å². The first kappa shape index (κ1) is 32.6. The lowest BCUT2D eigenvalue weighted by Gasteiger charge is -2.33. The van der Waals surface area contributed by atoms with Gasteiger partial charge in [0.15, 0.2) is 0 Å². The van der Waals surface area contributed by atoms with E-state index in [-0.39, 0.29) is 0 Å². The molecule has 0 bridgehead atoms. The van der Waals surface area contributed by atoms with Gasteiger partial charge >= 0.3 is 6.09 Å². The number of halogens is 2. The molecule has 0 atom stereocenters. The lowest BCUT2D eigenvalue weighted by atomic mass is 10.1. The molecule has 3 N–H and O–H groups in total. The summed E-state index contributed by atoms with van der Waals surface area (Å²) in [7, 11) is 0. The number of alkyl carbamates (subject to hydrolysis) is 1. The molecule has 2 aliphatic heterocycles. The zero-order valence-electron chi connectivity index (χ0n) is 24.6. The maximum atomic E-state index is 12.7. The molecule has 2 saturated heterocycles. The number of ether oxygens (including phenoxy) is 3. The van der Waals surface area contributed by atoms with Gasteiger partial charge in [0.1, 0.15) is 42.7 Å². The lowest BCUT2D eigenvalue weighted by Crippen LogP contribution is -2.49. The molecule has 41 heavy (non-hydrogen) atoms. The van der Waals surface area contributed by atoms with Crippen molar-refractivity contribution < 1.29 is 27.8 Å². The highest BCUT2D eigenvalue weighted by molar-refractivity contribution is 5.67. The average Bonchev–Trinajstić information content (AvgIpc) is 2.88. The summed E-state index contributed by atoms with van der Waals surface area (Å²) < 4.78 is 41.6. The van der Waals surface area contributed by atoms with E-state index < -0.39 is 24.0 Å². The van der Waals surface area contributed by atoms with Crippen LogP contribution in [0.15, 0.2) is 48.5 Å². The minimum Gasteiger partial charge on any atom is -0.492 e. The number of nitrogens with zero attached hydrogens (tertiary/aromatic N) is 2. The summed E-state index contributed by atoms with van der Waals surface area (Å²) in [6.45, 7) is 11.6. The summed E-state index contributed by atoms with van der Waals surface area (Å²) in [6.07, 6.45) is -0.0787. The van der Waals surface area contributed by atoms with E-state index in [2.05, 4.69) is 5.32 Å². The Bertz CT molecular complexity index is 1020. The number of rotatable bonds is 13. The number of hydrogen-bond acceptors (Lipinski definition) is 7. The molecule has 10 heteroatoms. The second kappa shape index (κ2) is 16.5. The highest BCUT2D eigenvalue weighted by atomic mass is 19.1. The number of hydrogen-bond donors (Lipinski definition) is 2. The fourth-order valence-corrected chi connectivity index (χ4v) is 4.26. The second-order valence-electron chi connectivity index (χ2n) is 11.4. The number of carbonyl (C=O) groups excluding carboxylic acids is 1. The Hall–Kier alpha value is -2.95. The Kier molecular flexibility index (Phi) is 13.1. The van der Waals surface area contributed by atoms with Crippen molar-refractivity contribution >= 4 is 6.09 Å². The zero-order chi connectivity index (χ0) is 29.7. The minimum absolute atomic E-state index is 0.399. The van der Waals surface area contributed by atoms with Crippen LogP contribution < -0.4 is 20.5 Å². The molecule has 228 valence electrons. The molecule has 0 saturated carbocycles. The summed E-state index contributed by atoms with van der Waals surface area (Å²) in [4.78, 5) is 15.6. The SMILES string of the molecule is CC(C)(C)OC(=O)NCCc1ccc(OCCN2CC(F)C2)cc1.NCCc1ccc(OCCN2CC(F)C2)cc1. The maximum Gasteiger partial charge on any atom is 0.407 e. The van der Waals surface area contributed by atoms with Gasteiger partial charge in [-0.05, 0) is 75.5 Å². The van der Waals surface area contributed by atoms with E-state index >= 15 is 0 Å². The van der Waals surface area contributed by atoms with Crippen LogP contribution in [0.2, 0.25) is 0 Å². The molecule has 0 aliphatic carbocycles. The monoisotopic (exact) mass is 576 g/mol. The molecule has 8 nitrogen and oxygen atoms in total. The van der Waals surface area contributed by atoms with Gasteiger partial charge in [0.2, 0.25) is 0 Å². The van der Waals surface area contributed by atoms with Crippen molar-refractivity contribution in [2.45, 2.75) is 51.6 Å². The van der Waals surface area contributed by atoms with Gasteiger partial charge in [0, 0.05) is 45.8 Å². The molecular weight excluding hydrogens is 530 g/mol. The number of nitrogens with two attached hydrogens (primary N) is 1. The summed E-state index contributed by atoms with van der Waals surface area (Å²) in [5.41, 5.74) is 7.33. The second-order valence-corrected chi connectivity index (χ2v) is 11.4. The lowest BCUT2D eigenvalue weighted by molar-refractivity contribution is 0.0525. The predicted octanol–water partition coefficient (Wildman–Crippen LogP) is 4.01. The topological polar surface area (TPSA) is 89.3 Å². The van der Waals surface area contributed by atoms with Crippen LogP contribution in [0.25, 0.3) is 0 Å². The van der Waals surface area contributed by atoms with Gasteiger partial charge in [-0.25, -0.2) is 13.6 Å². The smallest absolute Gasteiger partial charge is 0.407 e. The fraction of sp³-hybridized carbons (Fsp3) is 0.581. The van der Waals surface area contributed by atoms with Crippen LogP contribution in [-0.2, 0) is 17.6 Å². The van der Waals surface area contributed by atoms with Crippen molar-refractivity contribution in [3.05, 3.63) is 59.7 Å². The van der Waals surface area contributed by atoms with Crippen LogP contribution >= 0.6 is 0 Å². The first-order chi connectivity index (χ1) is 19.6. The van der Waals surface area contributed by atoms with Crippen molar-refractivity contribution in [2.75, 3.05) is 65.6 Å². The van der Waals surface area contributed by atoms with Crippen LogP contribution in [0.3, 0.4) is 0 Å². The highest BCUT2D eigenvalue weighted by Crippen LogP contribution is 2.16. The molecule has 2 aromatic carbocycles. The van der Waals surface area contributed by atoms with E-state index in [0.29, 0.717) is 52.5 Å². The maximum absolute atomic E-state index is 12.7. The Balaban J connectivity index is 0.000000239. The summed E-state index contributed by atoms with van der Waals surface area (Å²) >= 11 is 0. The van der Waals surface area contributed by atoms with Crippen molar-refractivity contribution in [1.82, 2.24) is 15.1 Å². The number of benzene rings is 2. The third kappa shape index (κ3) is 13.1. The summed E-state index contributed by atoms with van der Waals surface area (Å²) in [5.74, 6) is 1.67. The van der Waals surface area contributed by atoms with Crippen molar-refractivity contribution in [2.24, 2.45) is 5.73 Å². The zero-order valence-corrected chi connectivity index (χ0v) is 24.6. The molecular formula is C31H46F2N4O4. The van der Waals surface area contributed by atoms with Crippen LogP contribution in [0, 0.1) is 0 Å². The van der Waals surface area contributed by atoms with Gasteiger partial charge in [0.05, 0.1) is 0 Å². The summed E-state index contributed by atoms with van der Waals surface area (Å²) in [5, 5.41) is 2.74. The first-order valence-corrected chi connectivity index (χ1v) is 14.4. The van der Waals surface area contributed by atoms with E-state index in [1.54, 1.807) is 0 Å². The quantitative estimate of drug-likeness (QED) is 0.373. The van der Waals surface area contributed by atoms with E-state index in [9.17, 15) is 13.6 Å². The number of nitrogens with one attached hydrogen (secondary N) is 1. The molecule has 0 radical (unpaired) electrons. The number of carbonyl (C=O) groups is 1. The molecule has 1 amide bonds. The van der Waals surface area contributed by atoms with Gasteiger partial charge in [-0.2, -0.15) is 0 Å². The van der Waals surface area contributed by atoms with Crippen molar-refractivity contribution in [3.8, 4) is 11.5 Å². The predicted molar refractivity (Wildman–Crippen MR) is 157 cm³/mol. The molecule has 2 aliphatic rings. The molecule has 2 heterocycles. The van der Waals surface area contributed by atoms with Crippen LogP contribution in [-0.4, -0.2) is 99.4 Å². The van der Waals surface area contributed by atoms with Crippen LogP contribution in [0.5, 0.6) is 11.5 Å². The summed E-state index contributed by atoms with van der Waals surface area (Å²) in [6, 6.07) is 15.8. The molecule has 0 aromatic heterocycles. The molecule has 2 aromatic rings. The Labute approximate surface area is 243 Å². The van der Waals surface area contributed by atoms with Gasteiger partial charge in [-0.15, -0.1) is 0 Å².